The molecule has 206 valence electrons. The van der Waals surface area contributed by atoms with Crippen LogP contribution in [0.3, 0.4) is 0 Å². The van der Waals surface area contributed by atoms with Crippen LogP contribution in [-0.2, 0) is 14.8 Å². The first-order chi connectivity index (χ1) is 19.3. The maximum Gasteiger partial charge on any atom is 0.264 e. The number of rotatable bonds is 8. The van der Waals surface area contributed by atoms with Crippen LogP contribution in [0.1, 0.15) is 17.2 Å². The van der Waals surface area contributed by atoms with Gasteiger partial charge in [-0.05, 0) is 41.5 Å². The molecule has 4 aromatic carbocycles. The van der Waals surface area contributed by atoms with Gasteiger partial charge in [0.2, 0.25) is 5.91 Å². The van der Waals surface area contributed by atoms with Crippen molar-refractivity contribution in [3.05, 3.63) is 130 Å². The summed E-state index contributed by atoms with van der Waals surface area (Å²) in [6.45, 7) is 1.91. The second kappa shape index (κ2) is 12.4. The summed E-state index contributed by atoms with van der Waals surface area (Å²) in [5.74, 6) is -0.277. The van der Waals surface area contributed by atoms with Crippen molar-refractivity contribution in [2.75, 3.05) is 37.0 Å². The van der Waals surface area contributed by atoms with E-state index < -0.39 is 10.0 Å². The smallest absolute Gasteiger partial charge is 0.264 e. The first-order valence-corrected chi connectivity index (χ1v) is 15.2. The van der Waals surface area contributed by atoms with Gasteiger partial charge in [-0.25, -0.2) is 8.42 Å². The molecule has 5 rings (SSSR count). The lowest BCUT2D eigenvalue weighted by molar-refractivity contribution is -0.131. The van der Waals surface area contributed by atoms with E-state index >= 15 is 0 Å². The van der Waals surface area contributed by atoms with E-state index in [0.717, 1.165) is 4.31 Å². The zero-order chi connectivity index (χ0) is 28.1. The first-order valence-electron chi connectivity index (χ1n) is 13.0. The number of nitrogens with zero attached hydrogens (tertiary/aromatic N) is 3. The Bertz CT molecular complexity index is 1510. The molecule has 0 bridgehead atoms. The third-order valence-electron chi connectivity index (χ3n) is 7.06. The molecule has 1 saturated heterocycles. The van der Waals surface area contributed by atoms with Crippen LogP contribution in [0.4, 0.5) is 5.69 Å². The number of hydrogen-bond acceptors (Lipinski definition) is 4. The lowest BCUT2D eigenvalue weighted by atomic mass is 9.96. The van der Waals surface area contributed by atoms with Crippen LogP contribution in [-0.4, -0.2) is 56.8 Å². The SMILES string of the molecule is O=C(CN(c1ccc(Cl)c(Cl)c1)S(=O)(=O)c1ccccc1)N1CCN(C(c2ccccc2)c2ccccc2)CC1. The van der Waals surface area contributed by atoms with E-state index in [1.807, 2.05) is 36.4 Å². The lowest BCUT2D eigenvalue weighted by Crippen LogP contribution is -2.52. The minimum Gasteiger partial charge on any atom is -0.339 e. The molecular weight excluding hydrogens is 565 g/mol. The Balaban J connectivity index is 1.36. The van der Waals surface area contributed by atoms with E-state index in [-0.39, 0.29) is 34.1 Å². The Morgan fingerprint density at radius 1 is 0.725 bits per heavy atom. The molecule has 0 N–H and O–H groups in total. The molecule has 1 aliphatic rings. The van der Waals surface area contributed by atoms with Crippen LogP contribution in [0.5, 0.6) is 0 Å². The third kappa shape index (κ3) is 6.18. The number of piperazine rings is 1. The number of amides is 1. The molecule has 1 amide bonds. The Kier molecular flexibility index (Phi) is 8.76. The minimum absolute atomic E-state index is 0.0609. The van der Waals surface area contributed by atoms with Gasteiger partial charge in [0.1, 0.15) is 6.54 Å². The third-order valence-corrected chi connectivity index (χ3v) is 9.59. The fourth-order valence-electron chi connectivity index (χ4n) is 5.01. The zero-order valence-electron chi connectivity index (χ0n) is 21.7. The molecule has 1 fully saturated rings. The number of sulfonamides is 1. The van der Waals surface area contributed by atoms with Crippen molar-refractivity contribution >= 4 is 44.8 Å². The van der Waals surface area contributed by atoms with Crippen molar-refractivity contribution < 1.29 is 13.2 Å². The molecule has 0 spiro atoms. The van der Waals surface area contributed by atoms with Crippen LogP contribution in [0, 0.1) is 0 Å². The molecule has 0 aromatic heterocycles. The quantitative estimate of drug-likeness (QED) is 0.247. The predicted molar refractivity (Wildman–Crippen MR) is 160 cm³/mol. The minimum atomic E-state index is -4.04. The van der Waals surface area contributed by atoms with Crippen LogP contribution in [0.15, 0.2) is 114 Å². The highest BCUT2D eigenvalue weighted by Gasteiger charge is 2.32. The van der Waals surface area contributed by atoms with E-state index in [0.29, 0.717) is 31.2 Å². The number of anilines is 1. The summed E-state index contributed by atoms with van der Waals surface area (Å²) < 4.78 is 28.5. The normalized spacial score (nSPS) is 14.3. The van der Waals surface area contributed by atoms with Gasteiger partial charge in [0.05, 0.1) is 26.7 Å². The van der Waals surface area contributed by atoms with Crippen molar-refractivity contribution in [2.24, 2.45) is 0 Å². The first kappa shape index (κ1) is 28.2. The molecule has 0 saturated carbocycles. The van der Waals surface area contributed by atoms with Gasteiger partial charge in [0.25, 0.3) is 10.0 Å². The van der Waals surface area contributed by atoms with Crippen molar-refractivity contribution in [1.29, 1.82) is 0 Å². The Hall–Kier alpha value is -3.36. The van der Waals surface area contributed by atoms with E-state index in [9.17, 15) is 13.2 Å². The van der Waals surface area contributed by atoms with Crippen molar-refractivity contribution in [3.8, 4) is 0 Å². The highest BCUT2D eigenvalue weighted by atomic mass is 35.5. The average Bonchev–Trinajstić information content (AvgIpc) is 2.99. The van der Waals surface area contributed by atoms with Gasteiger partial charge in [-0.1, -0.05) is 102 Å². The van der Waals surface area contributed by atoms with E-state index in [1.165, 1.54) is 35.4 Å². The van der Waals surface area contributed by atoms with Gasteiger partial charge in [0.15, 0.2) is 0 Å². The zero-order valence-corrected chi connectivity index (χ0v) is 24.1. The molecule has 1 aliphatic heterocycles. The summed E-state index contributed by atoms with van der Waals surface area (Å²) in [7, 11) is -4.04. The second-order valence-electron chi connectivity index (χ2n) is 9.56. The standard InChI is InChI=1S/C31H29Cl2N3O3S/c32-28-17-16-26(22-29(28)33)36(40(38,39)27-14-8-3-9-15-27)23-30(37)34-18-20-35(21-19-34)31(24-10-4-1-5-11-24)25-12-6-2-7-13-25/h1-17,22,31H,18-21,23H2. The number of hydrogen-bond donors (Lipinski definition) is 0. The average molecular weight is 595 g/mol. The maximum absolute atomic E-state index is 13.7. The molecule has 6 nitrogen and oxygen atoms in total. The molecule has 0 radical (unpaired) electrons. The van der Waals surface area contributed by atoms with Gasteiger partial charge >= 0.3 is 0 Å². The van der Waals surface area contributed by atoms with Gasteiger partial charge in [-0.15, -0.1) is 0 Å². The molecule has 9 heteroatoms. The van der Waals surface area contributed by atoms with E-state index in [2.05, 4.69) is 29.2 Å². The largest absolute Gasteiger partial charge is 0.339 e. The number of benzene rings is 4. The van der Waals surface area contributed by atoms with E-state index in [4.69, 9.17) is 23.2 Å². The van der Waals surface area contributed by atoms with Crippen LogP contribution < -0.4 is 4.31 Å². The summed E-state index contributed by atoms with van der Waals surface area (Å²) in [4.78, 5) is 17.8. The van der Waals surface area contributed by atoms with Crippen molar-refractivity contribution in [3.63, 3.8) is 0 Å². The fourth-order valence-corrected chi connectivity index (χ4v) is 6.73. The molecule has 4 aromatic rings. The second-order valence-corrected chi connectivity index (χ2v) is 12.2. The molecule has 40 heavy (non-hydrogen) atoms. The molecule has 0 aliphatic carbocycles. The Morgan fingerprint density at radius 2 is 1.25 bits per heavy atom. The Morgan fingerprint density at radius 3 is 1.77 bits per heavy atom. The van der Waals surface area contributed by atoms with Crippen LogP contribution in [0.2, 0.25) is 10.0 Å². The molecule has 1 heterocycles. The number of carbonyl (C=O) groups excluding carboxylic acids is 1. The number of halogens is 2. The molecule has 0 unspecified atom stereocenters. The van der Waals surface area contributed by atoms with Gasteiger partial charge in [0, 0.05) is 26.2 Å². The Labute approximate surface area is 245 Å². The van der Waals surface area contributed by atoms with Gasteiger partial charge in [-0.3, -0.25) is 14.0 Å². The summed E-state index contributed by atoms with van der Waals surface area (Å²) >= 11 is 12.3. The maximum atomic E-state index is 13.7. The predicted octanol–water partition coefficient (Wildman–Crippen LogP) is 6.12. The van der Waals surface area contributed by atoms with Crippen molar-refractivity contribution in [2.45, 2.75) is 10.9 Å². The highest BCUT2D eigenvalue weighted by molar-refractivity contribution is 7.92. The molecular formula is C31H29Cl2N3O3S. The lowest BCUT2D eigenvalue weighted by Gasteiger charge is -2.40. The van der Waals surface area contributed by atoms with Gasteiger partial charge < -0.3 is 4.90 Å². The summed E-state index contributed by atoms with van der Waals surface area (Å²) in [5.41, 5.74) is 2.65. The van der Waals surface area contributed by atoms with Gasteiger partial charge in [-0.2, -0.15) is 0 Å². The summed E-state index contributed by atoms with van der Waals surface area (Å²) in [6, 6.07) is 33.3. The van der Waals surface area contributed by atoms with Crippen LogP contribution in [0.25, 0.3) is 0 Å². The number of carbonyl (C=O) groups is 1. The fraction of sp³-hybridized carbons (Fsp3) is 0.194. The van der Waals surface area contributed by atoms with Crippen molar-refractivity contribution in [1.82, 2.24) is 9.80 Å². The monoisotopic (exact) mass is 593 g/mol. The molecule has 0 atom stereocenters. The highest BCUT2D eigenvalue weighted by Crippen LogP contribution is 2.32. The summed E-state index contributed by atoms with van der Waals surface area (Å²) in [6.07, 6.45) is 0. The van der Waals surface area contributed by atoms with Crippen LogP contribution >= 0.6 is 23.2 Å². The van der Waals surface area contributed by atoms with E-state index in [1.54, 1.807) is 29.2 Å². The summed E-state index contributed by atoms with van der Waals surface area (Å²) in [5, 5.41) is 0.512. The topological polar surface area (TPSA) is 60.9 Å².